The van der Waals surface area contributed by atoms with Crippen LogP contribution in [-0.2, 0) is 18.3 Å². The van der Waals surface area contributed by atoms with Gasteiger partial charge in [-0.25, -0.2) is 0 Å². The van der Waals surface area contributed by atoms with E-state index >= 15 is 0 Å². The van der Waals surface area contributed by atoms with E-state index in [1.165, 1.54) is 4.90 Å². The number of aromatic nitrogens is 2. The third kappa shape index (κ3) is 2.26. The number of carbonyl (C=O) groups is 1. The van der Waals surface area contributed by atoms with Crippen LogP contribution in [0.1, 0.15) is 17.0 Å². The van der Waals surface area contributed by atoms with Crippen LogP contribution in [0.3, 0.4) is 0 Å². The number of hydrogen-bond donors (Lipinski definition) is 2. The number of aliphatic hydroxyl groups is 2. The van der Waals surface area contributed by atoms with Crippen molar-refractivity contribution in [3.05, 3.63) is 17.0 Å². The molecule has 0 saturated carbocycles. The number of likely N-dealkylation sites (tertiary alicyclic amines) is 1. The van der Waals surface area contributed by atoms with Gasteiger partial charge in [0.1, 0.15) is 0 Å². The first-order valence-electron chi connectivity index (χ1n) is 6.03. The number of rotatable bonds is 2. The third-order valence-electron chi connectivity index (χ3n) is 3.60. The average Bonchev–Trinajstić information content (AvgIpc) is 2.75. The molecule has 2 N–H and O–H groups in total. The molecule has 0 unspecified atom stereocenters. The first kappa shape index (κ1) is 13.0. The van der Waals surface area contributed by atoms with Crippen LogP contribution in [0.5, 0.6) is 0 Å². The largest absolute Gasteiger partial charge is 0.388 e. The van der Waals surface area contributed by atoms with Gasteiger partial charge in [0.05, 0.1) is 24.3 Å². The van der Waals surface area contributed by atoms with E-state index in [1.807, 2.05) is 20.9 Å². The summed E-state index contributed by atoms with van der Waals surface area (Å²) in [7, 11) is 1.85. The summed E-state index contributed by atoms with van der Waals surface area (Å²) in [4.78, 5) is 13.6. The predicted molar refractivity (Wildman–Crippen MR) is 65.0 cm³/mol. The Labute approximate surface area is 106 Å². The van der Waals surface area contributed by atoms with Gasteiger partial charge in [-0.1, -0.05) is 0 Å². The summed E-state index contributed by atoms with van der Waals surface area (Å²) in [5.41, 5.74) is 2.75. The van der Waals surface area contributed by atoms with Crippen molar-refractivity contribution in [1.29, 1.82) is 0 Å². The van der Waals surface area contributed by atoms with Crippen molar-refractivity contribution < 1.29 is 15.0 Å². The van der Waals surface area contributed by atoms with Gasteiger partial charge in [0, 0.05) is 31.4 Å². The van der Waals surface area contributed by atoms with Gasteiger partial charge in [0.25, 0.3) is 0 Å². The molecule has 1 aliphatic rings. The molecule has 1 saturated heterocycles. The van der Waals surface area contributed by atoms with E-state index in [0.717, 1.165) is 17.0 Å². The van der Waals surface area contributed by atoms with Crippen molar-refractivity contribution >= 4 is 5.91 Å². The molecule has 1 aliphatic heterocycles. The highest BCUT2D eigenvalue weighted by molar-refractivity contribution is 5.79. The summed E-state index contributed by atoms with van der Waals surface area (Å²) in [5.74, 6) is -0.0789. The summed E-state index contributed by atoms with van der Waals surface area (Å²) in [5, 5.41) is 23.1. The fraction of sp³-hybridized carbons (Fsp3) is 0.667. The highest BCUT2D eigenvalue weighted by Gasteiger charge is 2.32. The highest BCUT2D eigenvalue weighted by atomic mass is 16.3. The van der Waals surface area contributed by atoms with E-state index < -0.39 is 12.2 Å². The van der Waals surface area contributed by atoms with Crippen LogP contribution in [0.4, 0.5) is 0 Å². The average molecular weight is 253 g/mol. The maximum atomic E-state index is 12.1. The number of aliphatic hydroxyl groups excluding tert-OH is 2. The van der Waals surface area contributed by atoms with E-state index in [0.29, 0.717) is 0 Å². The Morgan fingerprint density at radius 1 is 1.33 bits per heavy atom. The minimum absolute atomic E-state index is 0.0789. The Morgan fingerprint density at radius 3 is 2.33 bits per heavy atom. The smallest absolute Gasteiger partial charge is 0.227 e. The molecule has 1 aromatic rings. The number of aryl methyl sites for hydroxylation is 2. The van der Waals surface area contributed by atoms with Gasteiger partial charge in [-0.2, -0.15) is 5.10 Å². The fourth-order valence-corrected chi connectivity index (χ4v) is 2.31. The maximum Gasteiger partial charge on any atom is 0.227 e. The quantitative estimate of drug-likeness (QED) is 0.719. The Balaban J connectivity index is 2.08. The highest BCUT2D eigenvalue weighted by Crippen LogP contribution is 2.16. The summed E-state index contributed by atoms with van der Waals surface area (Å²) in [6.45, 7) is 4.22. The van der Waals surface area contributed by atoms with Gasteiger partial charge < -0.3 is 15.1 Å². The molecule has 0 spiro atoms. The lowest BCUT2D eigenvalue weighted by molar-refractivity contribution is -0.130. The van der Waals surface area contributed by atoms with Crippen molar-refractivity contribution in [2.45, 2.75) is 32.5 Å². The molecule has 2 rings (SSSR count). The monoisotopic (exact) mass is 253 g/mol. The number of amides is 1. The molecule has 0 aliphatic carbocycles. The molecule has 0 radical (unpaired) electrons. The van der Waals surface area contributed by atoms with E-state index in [9.17, 15) is 15.0 Å². The molecule has 1 aromatic heterocycles. The molecule has 1 fully saturated rings. The Morgan fingerprint density at radius 2 is 1.89 bits per heavy atom. The van der Waals surface area contributed by atoms with Crippen molar-refractivity contribution in [2.24, 2.45) is 7.05 Å². The van der Waals surface area contributed by atoms with Gasteiger partial charge in [-0.05, 0) is 13.8 Å². The molecular weight excluding hydrogens is 234 g/mol. The van der Waals surface area contributed by atoms with Crippen molar-refractivity contribution in [2.75, 3.05) is 13.1 Å². The number of hydrogen-bond acceptors (Lipinski definition) is 4. The van der Waals surface area contributed by atoms with Crippen molar-refractivity contribution in [3.63, 3.8) is 0 Å². The molecule has 0 aromatic carbocycles. The van der Waals surface area contributed by atoms with E-state index in [2.05, 4.69) is 5.10 Å². The zero-order chi connectivity index (χ0) is 13.4. The summed E-state index contributed by atoms with van der Waals surface area (Å²) < 4.78 is 1.76. The summed E-state index contributed by atoms with van der Waals surface area (Å²) in [6, 6.07) is 0. The molecule has 18 heavy (non-hydrogen) atoms. The van der Waals surface area contributed by atoms with Crippen LogP contribution >= 0.6 is 0 Å². The van der Waals surface area contributed by atoms with Crippen LogP contribution < -0.4 is 0 Å². The van der Waals surface area contributed by atoms with E-state index in [4.69, 9.17) is 0 Å². The van der Waals surface area contributed by atoms with Gasteiger partial charge >= 0.3 is 0 Å². The molecule has 6 heteroatoms. The Hall–Kier alpha value is -1.40. The van der Waals surface area contributed by atoms with Crippen LogP contribution in [0.15, 0.2) is 0 Å². The second-order valence-corrected chi connectivity index (χ2v) is 4.88. The van der Waals surface area contributed by atoms with Crippen LogP contribution in [0.2, 0.25) is 0 Å². The fourth-order valence-electron chi connectivity index (χ4n) is 2.31. The van der Waals surface area contributed by atoms with Crippen molar-refractivity contribution in [3.8, 4) is 0 Å². The number of nitrogens with zero attached hydrogens (tertiary/aromatic N) is 3. The molecule has 2 heterocycles. The zero-order valence-corrected chi connectivity index (χ0v) is 10.9. The first-order valence-corrected chi connectivity index (χ1v) is 6.03. The van der Waals surface area contributed by atoms with Gasteiger partial charge in [0.2, 0.25) is 5.91 Å². The summed E-state index contributed by atoms with van der Waals surface area (Å²) >= 11 is 0. The molecule has 100 valence electrons. The lowest BCUT2D eigenvalue weighted by Crippen LogP contribution is -2.31. The van der Waals surface area contributed by atoms with Crippen LogP contribution in [0, 0.1) is 13.8 Å². The van der Waals surface area contributed by atoms with Gasteiger partial charge in [-0.15, -0.1) is 0 Å². The summed E-state index contributed by atoms with van der Waals surface area (Å²) in [6.07, 6.45) is -1.39. The van der Waals surface area contributed by atoms with Crippen LogP contribution in [0.25, 0.3) is 0 Å². The molecule has 2 atom stereocenters. The molecule has 6 nitrogen and oxygen atoms in total. The van der Waals surface area contributed by atoms with Gasteiger partial charge in [-0.3, -0.25) is 9.48 Å². The second-order valence-electron chi connectivity index (χ2n) is 4.88. The minimum Gasteiger partial charge on any atom is -0.388 e. The molecule has 1 amide bonds. The molecular formula is C12H19N3O3. The first-order chi connectivity index (χ1) is 8.40. The lowest BCUT2D eigenvalue weighted by atomic mass is 10.1. The van der Waals surface area contributed by atoms with Crippen molar-refractivity contribution in [1.82, 2.24) is 14.7 Å². The normalized spacial score (nSPS) is 23.7. The van der Waals surface area contributed by atoms with E-state index in [1.54, 1.807) is 4.68 Å². The molecule has 0 bridgehead atoms. The Bertz CT molecular complexity index is 459. The topological polar surface area (TPSA) is 78.6 Å². The lowest BCUT2D eigenvalue weighted by Gasteiger charge is -2.15. The number of carbonyl (C=O) groups excluding carboxylic acids is 1. The number of β-amino-alcohol motifs (C(OH)–C–C–N with tert-alkyl or cyclic N) is 2. The standard InChI is InChI=1S/C12H19N3O3/c1-7-9(8(2)14(3)13-7)4-12(18)15-5-10(16)11(17)6-15/h10-11,16-17H,4-6H2,1-3H3/t10-,11+. The zero-order valence-electron chi connectivity index (χ0n) is 10.9. The Kier molecular flexibility index (Phi) is 3.41. The SMILES string of the molecule is Cc1nn(C)c(C)c1CC(=O)N1C[C@@H](O)[C@@H](O)C1. The maximum absolute atomic E-state index is 12.1. The third-order valence-corrected chi connectivity index (χ3v) is 3.60. The second kappa shape index (κ2) is 4.70. The predicted octanol–water partition coefficient (Wildman–Crippen LogP) is -0.857. The van der Waals surface area contributed by atoms with E-state index in [-0.39, 0.29) is 25.4 Å². The van der Waals surface area contributed by atoms with Gasteiger partial charge in [0.15, 0.2) is 0 Å². The minimum atomic E-state index is -0.829. The van der Waals surface area contributed by atoms with Crippen LogP contribution in [-0.4, -0.2) is 56.1 Å².